The Balaban J connectivity index is 2.18. The second kappa shape index (κ2) is 3.74. The molecule has 0 aliphatic carbocycles. The highest BCUT2D eigenvalue weighted by Gasteiger charge is 2.02. The minimum Gasteiger partial charge on any atom is -0.150 e. The fraction of sp³-hybridized carbons (Fsp3) is 0. The molecule has 0 atom stereocenters. The normalized spacial score (nSPS) is 12.5. The molecule has 0 N–H and O–H groups in total. The van der Waals surface area contributed by atoms with Gasteiger partial charge in [0.2, 0.25) is 0 Å². The molecule has 0 aromatic heterocycles. The molecular weight excluding hydrogens is 196 g/mol. The molecule has 0 saturated carbocycles. The molecule has 0 radical (unpaired) electrons. The first-order valence-electron chi connectivity index (χ1n) is 5.21. The van der Waals surface area contributed by atoms with Gasteiger partial charge < -0.3 is 0 Å². The summed E-state index contributed by atoms with van der Waals surface area (Å²) in [5, 5.41) is 8.52. The third-order valence-electron chi connectivity index (χ3n) is 2.58. The third-order valence-corrected chi connectivity index (χ3v) is 2.58. The molecule has 2 nitrogen and oxygen atoms in total. The molecule has 1 aliphatic rings. The van der Waals surface area contributed by atoms with Crippen molar-refractivity contribution in [2.24, 2.45) is 10.2 Å². The molecule has 2 aromatic rings. The van der Waals surface area contributed by atoms with Crippen LogP contribution in [0.25, 0.3) is 12.2 Å². The van der Waals surface area contributed by atoms with E-state index in [9.17, 15) is 0 Å². The van der Waals surface area contributed by atoms with Crippen molar-refractivity contribution in [2.45, 2.75) is 0 Å². The molecule has 0 unspecified atom stereocenters. The maximum atomic E-state index is 4.26. The molecule has 2 aromatic carbocycles. The van der Waals surface area contributed by atoms with Crippen molar-refractivity contribution in [3.8, 4) is 0 Å². The van der Waals surface area contributed by atoms with E-state index in [2.05, 4.69) is 22.4 Å². The lowest BCUT2D eigenvalue weighted by Crippen LogP contribution is -1.79. The zero-order valence-electron chi connectivity index (χ0n) is 8.67. The summed E-state index contributed by atoms with van der Waals surface area (Å²) in [5.74, 6) is 0. The van der Waals surface area contributed by atoms with Crippen LogP contribution in [0.1, 0.15) is 11.1 Å². The highest BCUT2D eigenvalue weighted by Crippen LogP contribution is 2.29. The summed E-state index contributed by atoms with van der Waals surface area (Å²) in [6.45, 7) is 0. The molecule has 0 saturated heterocycles. The van der Waals surface area contributed by atoms with E-state index < -0.39 is 0 Å². The lowest BCUT2D eigenvalue weighted by molar-refractivity contribution is 1.22. The topological polar surface area (TPSA) is 24.7 Å². The van der Waals surface area contributed by atoms with E-state index >= 15 is 0 Å². The molecule has 76 valence electrons. The van der Waals surface area contributed by atoms with E-state index in [0.29, 0.717) is 0 Å². The van der Waals surface area contributed by atoms with Crippen LogP contribution in [0.2, 0.25) is 0 Å². The maximum Gasteiger partial charge on any atom is 0.0929 e. The van der Waals surface area contributed by atoms with Gasteiger partial charge in [0.15, 0.2) is 0 Å². The molecule has 0 fully saturated rings. The molecule has 1 aliphatic heterocycles. The van der Waals surface area contributed by atoms with Crippen molar-refractivity contribution in [2.75, 3.05) is 0 Å². The summed E-state index contributed by atoms with van der Waals surface area (Å²) >= 11 is 0. The van der Waals surface area contributed by atoms with Gasteiger partial charge in [-0.25, -0.2) is 0 Å². The fourth-order valence-electron chi connectivity index (χ4n) is 1.73. The lowest BCUT2D eigenvalue weighted by Gasteiger charge is -2.04. The Hall–Kier alpha value is -2.22. The predicted molar refractivity (Wildman–Crippen MR) is 66.0 cm³/mol. The van der Waals surface area contributed by atoms with Crippen molar-refractivity contribution in [1.82, 2.24) is 0 Å². The standard InChI is InChI=1S/C14H10N2/c1-3-7-13-11(5-1)9-10-12-6-2-4-8-14(12)16-15-13/h1-10H. The highest BCUT2D eigenvalue weighted by molar-refractivity contribution is 5.79. The SMILES string of the molecule is C1=Cc2ccccc2N=Nc2ccccc21. The van der Waals surface area contributed by atoms with Crippen LogP contribution in [0.15, 0.2) is 58.8 Å². The van der Waals surface area contributed by atoms with Crippen molar-refractivity contribution >= 4 is 23.5 Å². The molecular formula is C14H10N2. The average Bonchev–Trinajstić information content (AvgIpc) is 2.32. The van der Waals surface area contributed by atoms with Gasteiger partial charge in [-0.3, -0.25) is 0 Å². The van der Waals surface area contributed by atoms with E-state index in [1.807, 2.05) is 48.5 Å². The number of fused-ring (bicyclic) bond motifs is 2. The van der Waals surface area contributed by atoms with Crippen LogP contribution < -0.4 is 0 Å². The second-order valence-corrected chi connectivity index (χ2v) is 3.65. The van der Waals surface area contributed by atoms with E-state index in [1.165, 1.54) is 0 Å². The van der Waals surface area contributed by atoms with Gasteiger partial charge in [0.1, 0.15) is 0 Å². The van der Waals surface area contributed by atoms with Crippen LogP contribution in [0.4, 0.5) is 11.4 Å². The third kappa shape index (κ3) is 1.54. The summed E-state index contributed by atoms with van der Waals surface area (Å²) in [4.78, 5) is 0. The molecule has 0 amide bonds. The lowest BCUT2D eigenvalue weighted by atomic mass is 10.1. The van der Waals surface area contributed by atoms with Gasteiger partial charge >= 0.3 is 0 Å². The van der Waals surface area contributed by atoms with Crippen LogP contribution in [0, 0.1) is 0 Å². The Labute approximate surface area is 94.0 Å². The first-order chi connectivity index (χ1) is 7.93. The summed E-state index contributed by atoms with van der Waals surface area (Å²) in [5.41, 5.74) is 4.02. The zero-order valence-corrected chi connectivity index (χ0v) is 8.67. The van der Waals surface area contributed by atoms with E-state index in [-0.39, 0.29) is 0 Å². The monoisotopic (exact) mass is 206 g/mol. The van der Waals surface area contributed by atoms with E-state index in [4.69, 9.17) is 0 Å². The number of hydrogen-bond acceptors (Lipinski definition) is 2. The van der Waals surface area contributed by atoms with Gasteiger partial charge in [-0.15, -0.1) is 10.2 Å². The first-order valence-corrected chi connectivity index (χ1v) is 5.21. The molecule has 0 bridgehead atoms. The highest BCUT2D eigenvalue weighted by atomic mass is 15.1. The van der Waals surface area contributed by atoms with Crippen molar-refractivity contribution in [1.29, 1.82) is 0 Å². The van der Waals surface area contributed by atoms with Gasteiger partial charge in [-0.2, -0.15) is 0 Å². The van der Waals surface area contributed by atoms with E-state index in [1.54, 1.807) is 0 Å². The van der Waals surface area contributed by atoms with Gasteiger partial charge in [0.25, 0.3) is 0 Å². The predicted octanol–water partition coefficient (Wildman–Crippen LogP) is 4.59. The van der Waals surface area contributed by atoms with Crippen LogP contribution in [-0.2, 0) is 0 Å². The summed E-state index contributed by atoms with van der Waals surface area (Å²) in [7, 11) is 0. The van der Waals surface area contributed by atoms with Gasteiger partial charge in [0, 0.05) is 11.1 Å². The fourth-order valence-corrected chi connectivity index (χ4v) is 1.73. The molecule has 2 heteroatoms. The number of hydrogen-bond donors (Lipinski definition) is 0. The Morgan fingerprint density at radius 1 is 0.562 bits per heavy atom. The quantitative estimate of drug-likeness (QED) is 0.514. The number of benzene rings is 2. The van der Waals surface area contributed by atoms with Crippen LogP contribution in [-0.4, -0.2) is 0 Å². The smallest absolute Gasteiger partial charge is 0.0929 e. The average molecular weight is 206 g/mol. The Kier molecular flexibility index (Phi) is 2.11. The van der Waals surface area contributed by atoms with Crippen molar-refractivity contribution in [3.63, 3.8) is 0 Å². The van der Waals surface area contributed by atoms with Crippen molar-refractivity contribution < 1.29 is 0 Å². The number of azo groups is 1. The maximum absolute atomic E-state index is 4.26. The second-order valence-electron chi connectivity index (χ2n) is 3.65. The van der Waals surface area contributed by atoms with Gasteiger partial charge in [0.05, 0.1) is 11.4 Å². The first kappa shape index (κ1) is 9.04. The zero-order chi connectivity index (χ0) is 10.8. The molecule has 0 spiro atoms. The molecule has 3 rings (SSSR count). The van der Waals surface area contributed by atoms with Crippen LogP contribution >= 0.6 is 0 Å². The summed E-state index contributed by atoms with van der Waals surface area (Å²) in [6, 6.07) is 16.0. The minimum absolute atomic E-state index is 0.910. The van der Waals surface area contributed by atoms with E-state index in [0.717, 1.165) is 22.5 Å². The minimum atomic E-state index is 0.910. The number of nitrogens with zero attached hydrogens (tertiary/aromatic N) is 2. The molecule has 16 heavy (non-hydrogen) atoms. The summed E-state index contributed by atoms with van der Waals surface area (Å²) in [6.07, 6.45) is 4.15. The van der Waals surface area contributed by atoms with Crippen LogP contribution in [0.5, 0.6) is 0 Å². The number of rotatable bonds is 0. The molecule has 1 heterocycles. The largest absolute Gasteiger partial charge is 0.150 e. The Morgan fingerprint density at radius 3 is 1.50 bits per heavy atom. The summed E-state index contributed by atoms with van der Waals surface area (Å²) < 4.78 is 0. The van der Waals surface area contributed by atoms with Crippen LogP contribution in [0.3, 0.4) is 0 Å². The Bertz CT molecular complexity index is 479. The van der Waals surface area contributed by atoms with Gasteiger partial charge in [-0.05, 0) is 12.1 Å². The van der Waals surface area contributed by atoms with Crippen molar-refractivity contribution in [3.05, 3.63) is 59.7 Å². The Morgan fingerprint density at radius 2 is 1.00 bits per heavy atom. The van der Waals surface area contributed by atoms with Gasteiger partial charge in [-0.1, -0.05) is 48.6 Å².